The van der Waals surface area contributed by atoms with Crippen LogP contribution >= 0.6 is 0 Å². The Bertz CT molecular complexity index is 757. The number of likely N-dealkylation sites (N-methyl/N-ethyl adjacent to an activating group) is 1. The summed E-state index contributed by atoms with van der Waals surface area (Å²) >= 11 is 0. The molecule has 104 valence electrons. The van der Waals surface area contributed by atoms with Crippen LogP contribution in [0.1, 0.15) is 28.4 Å². The van der Waals surface area contributed by atoms with E-state index in [4.69, 9.17) is 0 Å². The number of hydrogen-bond acceptors (Lipinski definition) is 2. The first-order chi connectivity index (χ1) is 10.1. The third kappa shape index (κ3) is 2.27. The smallest absolute Gasteiger partial charge is 0.258 e. The number of carbonyl (C=O) groups is 2. The molecule has 2 aromatic carbocycles. The summed E-state index contributed by atoms with van der Waals surface area (Å²) in [5, 5.41) is 0. The van der Waals surface area contributed by atoms with Crippen LogP contribution in [0.25, 0.3) is 11.6 Å². The highest BCUT2D eigenvalue weighted by molar-refractivity contribution is 6.35. The van der Waals surface area contributed by atoms with E-state index >= 15 is 0 Å². The Morgan fingerprint density at radius 3 is 2.38 bits per heavy atom. The molecule has 0 saturated heterocycles. The van der Waals surface area contributed by atoms with Crippen molar-refractivity contribution in [3.05, 3.63) is 65.2 Å². The first kappa shape index (κ1) is 13.3. The maximum atomic E-state index is 12.3. The second kappa shape index (κ2) is 5.02. The van der Waals surface area contributed by atoms with Crippen molar-refractivity contribution in [3.8, 4) is 0 Å². The van der Waals surface area contributed by atoms with Gasteiger partial charge in [0.2, 0.25) is 0 Å². The largest absolute Gasteiger partial charge is 0.311 e. The molecular weight excluding hydrogens is 262 g/mol. The van der Waals surface area contributed by atoms with Crippen molar-refractivity contribution in [2.24, 2.45) is 0 Å². The minimum atomic E-state index is -0.00755. The van der Waals surface area contributed by atoms with Crippen LogP contribution in [0.5, 0.6) is 0 Å². The molecule has 1 aliphatic rings. The van der Waals surface area contributed by atoms with Gasteiger partial charge in [-0.05, 0) is 24.6 Å². The molecule has 0 aliphatic carbocycles. The highest BCUT2D eigenvalue weighted by Gasteiger charge is 2.28. The molecule has 0 unspecified atom stereocenters. The number of hydrogen-bond donors (Lipinski definition) is 0. The second-order valence-electron chi connectivity index (χ2n) is 5.12. The predicted molar refractivity (Wildman–Crippen MR) is 84.2 cm³/mol. The minimum absolute atomic E-state index is 0.00755. The third-order valence-electron chi connectivity index (χ3n) is 3.72. The molecule has 0 aromatic heterocycles. The molecule has 1 heterocycles. The van der Waals surface area contributed by atoms with Crippen LogP contribution in [0.2, 0.25) is 0 Å². The molecule has 2 aromatic rings. The summed E-state index contributed by atoms with van der Waals surface area (Å²) in [5.74, 6) is 0.0306. The number of carbonyl (C=O) groups excluding carboxylic acids is 2. The topological polar surface area (TPSA) is 37.4 Å². The van der Waals surface area contributed by atoms with Crippen LogP contribution in [0.4, 0.5) is 5.69 Å². The van der Waals surface area contributed by atoms with Gasteiger partial charge < -0.3 is 4.90 Å². The first-order valence-electron chi connectivity index (χ1n) is 6.78. The van der Waals surface area contributed by atoms with E-state index < -0.39 is 0 Å². The summed E-state index contributed by atoms with van der Waals surface area (Å²) in [7, 11) is 1.78. The van der Waals surface area contributed by atoms with Crippen LogP contribution in [0.3, 0.4) is 0 Å². The van der Waals surface area contributed by atoms with Crippen LogP contribution in [-0.4, -0.2) is 18.7 Å². The maximum absolute atomic E-state index is 12.3. The predicted octanol–water partition coefficient (Wildman–Crippen LogP) is 3.41. The highest BCUT2D eigenvalue weighted by Crippen LogP contribution is 2.36. The molecule has 1 amide bonds. The molecule has 0 atom stereocenters. The molecule has 0 N–H and O–H groups in total. The Labute approximate surface area is 123 Å². The average Bonchev–Trinajstić information content (AvgIpc) is 2.73. The Hall–Kier alpha value is -2.68. The number of anilines is 1. The molecule has 0 spiro atoms. The zero-order chi connectivity index (χ0) is 15.0. The van der Waals surface area contributed by atoms with Gasteiger partial charge >= 0.3 is 0 Å². The van der Waals surface area contributed by atoms with E-state index in [1.54, 1.807) is 31.0 Å². The van der Waals surface area contributed by atoms with Gasteiger partial charge in [-0.15, -0.1) is 0 Å². The van der Waals surface area contributed by atoms with Crippen molar-refractivity contribution in [2.45, 2.75) is 6.92 Å². The van der Waals surface area contributed by atoms with E-state index in [1.807, 2.05) is 42.5 Å². The lowest BCUT2D eigenvalue weighted by Gasteiger charge is -2.07. The lowest BCUT2D eigenvalue weighted by molar-refractivity contribution is -0.112. The minimum Gasteiger partial charge on any atom is -0.311 e. The molecule has 0 bridgehead atoms. The third-order valence-corrected chi connectivity index (χ3v) is 3.72. The average molecular weight is 277 g/mol. The molecule has 21 heavy (non-hydrogen) atoms. The van der Waals surface area contributed by atoms with Crippen molar-refractivity contribution in [2.75, 3.05) is 11.9 Å². The molecule has 3 heteroatoms. The highest BCUT2D eigenvalue weighted by atomic mass is 16.2. The fourth-order valence-corrected chi connectivity index (χ4v) is 2.52. The summed E-state index contributed by atoms with van der Waals surface area (Å²) in [5.41, 5.74) is 4.14. The van der Waals surface area contributed by atoms with Crippen molar-refractivity contribution in [1.82, 2.24) is 0 Å². The number of nitrogens with zero attached hydrogens (tertiary/aromatic N) is 1. The monoisotopic (exact) mass is 277 g/mol. The van der Waals surface area contributed by atoms with Gasteiger partial charge in [0.25, 0.3) is 5.91 Å². The Balaban J connectivity index is 2.03. The van der Waals surface area contributed by atoms with Gasteiger partial charge in [-0.25, -0.2) is 0 Å². The van der Waals surface area contributed by atoms with E-state index in [2.05, 4.69) is 0 Å². The van der Waals surface area contributed by atoms with Crippen molar-refractivity contribution < 1.29 is 9.59 Å². The van der Waals surface area contributed by atoms with E-state index in [1.165, 1.54) is 0 Å². The summed E-state index contributed by atoms with van der Waals surface area (Å²) < 4.78 is 0. The molecular formula is C18H15NO2. The lowest BCUT2D eigenvalue weighted by Crippen LogP contribution is -2.20. The fourth-order valence-electron chi connectivity index (χ4n) is 2.52. The number of rotatable bonds is 2. The maximum Gasteiger partial charge on any atom is 0.258 e. The van der Waals surface area contributed by atoms with Gasteiger partial charge in [-0.1, -0.05) is 42.5 Å². The number of amides is 1. The van der Waals surface area contributed by atoms with Crippen LogP contribution in [0.15, 0.2) is 48.5 Å². The number of para-hydroxylation sites is 1. The SMILES string of the molecule is CC(=O)c1ccc(/C=C2/C(=O)N(C)c3ccccc32)cc1. The lowest BCUT2D eigenvalue weighted by atomic mass is 10.0. The fraction of sp³-hybridized carbons (Fsp3) is 0.111. The van der Waals surface area contributed by atoms with Gasteiger partial charge in [0.15, 0.2) is 5.78 Å². The molecule has 3 nitrogen and oxygen atoms in total. The molecule has 3 rings (SSSR count). The molecule has 1 aliphatic heterocycles. The van der Waals surface area contributed by atoms with Crippen LogP contribution in [-0.2, 0) is 4.79 Å². The van der Waals surface area contributed by atoms with Crippen molar-refractivity contribution >= 4 is 29.0 Å². The molecule has 0 radical (unpaired) electrons. The second-order valence-corrected chi connectivity index (χ2v) is 5.12. The van der Waals surface area contributed by atoms with E-state index in [-0.39, 0.29) is 11.7 Å². The standard InChI is InChI=1S/C18H15NO2/c1-12(20)14-9-7-13(8-10-14)11-16-15-5-3-4-6-17(15)19(2)18(16)21/h3-11H,1-2H3/b16-11+. The van der Waals surface area contributed by atoms with Gasteiger partial charge in [-0.2, -0.15) is 0 Å². The zero-order valence-corrected chi connectivity index (χ0v) is 12.0. The van der Waals surface area contributed by atoms with Crippen LogP contribution < -0.4 is 4.90 Å². The van der Waals surface area contributed by atoms with Crippen molar-refractivity contribution in [3.63, 3.8) is 0 Å². The van der Waals surface area contributed by atoms with E-state index in [0.29, 0.717) is 11.1 Å². The summed E-state index contributed by atoms with van der Waals surface area (Å²) in [6, 6.07) is 15.0. The summed E-state index contributed by atoms with van der Waals surface area (Å²) in [6.45, 7) is 1.54. The van der Waals surface area contributed by atoms with Gasteiger partial charge in [0, 0.05) is 23.7 Å². The summed E-state index contributed by atoms with van der Waals surface area (Å²) in [6.07, 6.45) is 1.87. The summed E-state index contributed by atoms with van der Waals surface area (Å²) in [4.78, 5) is 25.3. The Morgan fingerprint density at radius 2 is 1.71 bits per heavy atom. The number of ketones is 1. The normalized spacial score (nSPS) is 15.4. The molecule has 0 saturated carbocycles. The number of fused-ring (bicyclic) bond motifs is 1. The van der Waals surface area contributed by atoms with E-state index in [9.17, 15) is 9.59 Å². The number of benzene rings is 2. The zero-order valence-electron chi connectivity index (χ0n) is 12.0. The van der Waals surface area contributed by atoms with Gasteiger partial charge in [-0.3, -0.25) is 9.59 Å². The van der Waals surface area contributed by atoms with Crippen molar-refractivity contribution in [1.29, 1.82) is 0 Å². The van der Waals surface area contributed by atoms with Gasteiger partial charge in [0.05, 0.1) is 5.69 Å². The number of Topliss-reactive ketones (excluding diaryl/α,β-unsaturated/α-hetero) is 1. The van der Waals surface area contributed by atoms with Crippen LogP contribution in [0, 0.1) is 0 Å². The molecule has 0 fully saturated rings. The van der Waals surface area contributed by atoms with E-state index in [0.717, 1.165) is 16.8 Å². The quantitative estimate of drug-likeness (QED) is 0.623. The Kier molecular flexibility index (Phi) is 3.18. The Morgan fingerprint density at radius 1 is 1.05 bits per heavy atom. The van der Waals surface area contributed by atoms with Gasteiger partial charge in [0.1, 0.15) is 0 Å². The first-order valence-corrected chi connectivity index (χ1v) is 6.78.